The molecule has 1 aliphatic heterocycles. The molecule has 1 spiro atoms. The number of amides is 4. The molecule has 17 nitrogen and oxygen atoms in total. The van der Waals surface area contributed by atoms with Crippen LogP contribution in [0.4, 0.5) is 4.79 Å². The van der Waals surface area contributed by atoms with Crippen molar-refractivity contribution in [2.24, 2.45) is 33.7 Å². The summed E-state index contributed by atoms with van der Waals surface area (Å²) in [5.74, 6) is -2.74. The number of nitrogens with one attached hydrogen (secondary N) is 4. The number of methoxy groups -OCH3 is 1. The Morgan fingerprint density at radius 3 is 2.49 bits per heavy atom. The van der Waals surface area contributed by atoms with Crippen molar-refractivity contribution in [3.05, 3.63) is 41.7 Å². The topological polar surface area (TPSA) is 262 Å². The second kappa shape index (κ2) is 18.3. The molecule has 4 amide bonds. The SMILES string of the molecule is CO[C@@H]1[C@H](OC(=O)NCC(=O)N[C@@H](CCCN=C(N)N)C(=O)NCC(=O)N[C@@H](CC(=O)O)c2cccnc2)CC[C@]2(CO2)[C@H]1[C@@]1(C)C[C@@H]1CC=C(C)C. The molecular formula is C36H54N8O9. The van der Waals surface area contributed by atoms with Crippen molar-refractivity contribution in [3.8, 4) is 0 Å². The Morgan fingerprint density at radius 1 is 1.15 bits per heavy atom. The zero-order valence-electron chi connectivity index (χ0n) is 30.9. The van der Waals surface area contributed by atoms with Crippen LogP contribution in [0.3, 0.4) is 0 Å². The number of guanidine groups is 1. The zero-order valence-corrected chi connectivity index (χ0v) is 30.9. The van der Waals surface area contributed by atoms with Crippen molar-refractivity contribution in [1.29, 1.82) is 0 Å². The fourth-order valence-corrected chi connectivity index (χ4v) is 7.50. The van der Waals surface area contributed by atoms with E-state index in [2.05, 4.69) is 58.1 Å². The van der Waals surface area contributed by atoms with Gasteiger partial charge in [0, 0.05) is 32.0 Å². The number of carboxylic acids is 1. The number of nitrogens with zero attached hydrogens (tertiary/aromatic N) is 2. The van der Waals surface area contributed by atoms with Gasteiger partial charge in [-0.25, -0.2) is 4.79 Å². The van der Waals surface area contributed by atoms with Crippen LogP contribution < -0.4 is 32.7 Å². The molecule has 2 heterocycles. The Morgan fingerprint density at radius 2 is 1.87 bits per heavy atom. The fraction of sp³-hybridized carbons (Fsp3) is 0.639. The third-order valence-corrected chi connectivity index (χ3v) is 10.4. The quantitative estimate of drug-likeness (QED) is 0.0345. The number of nitrogens with two attached hydrogens (primary N) is 2. The Hall–Kier alpha value is -4.77. The van der Waals surface area contributed by atoms with Crippen molar-refractivity contribution in [2.45, 2.75) is 95.6 Å². The van der Waals surface area contributed by atoms with Crippen LogP contribution in [0, 0.1) is 17.3 Å². The largest absolute Gasteiger partial charge is 0.481 e. The lowest BCUT2D eigenvalue weighted by atomic mass is 9.67. The van der Waals surface area contributed by atoms with Crippen molar-refractivity contribution in [1.82, 2.24) is 26.3 Å². The summed E-state index contributed by atoms with van der Waals surface area (Å²) in [5, 5.41) is 19.4. The number of hydrogen-bond acceptors (Lipinski definition) is 10. The molecule has 2 aliphatic carbocycles. The van der Waals surface area contributed by atoms with Crippen LogP contribution >= 0.6 is 0 Å². The van der Waals surface area contributed by atoms with Gasteiger partial charge in [0.15, 0.2) is 5.96 Å². The van der Waals surface area contributed by atoms with Crippen LogP contribution in [0.15, 0.2) is 41.2 Å². The van der Waals surface area contributed by atoms with Crippen molar-refractivity contribution in [2.75, 3.05) is 33.4 Å². The standard InChI is InChI=1S/C36H54N8O9/c1-21(2)9-10-23-16-35(23,3)31-30(51-4)26(11-12-36(31)20-52-36)53-34(50)42-19-28(46)43-24(8-6-14-40-33(37)38)32(49)41-18-27(45)44-25(15-29(47)48)22-7-5-13-39-17-22/h5,7,9,13,17,23-26,30-31H,6,8,10-12,14-16,18-20H2,1-4H3,(H,41,49)(H,42,50)(H,43,46)(H,44,45)(H,47,48)(H4,37,38,40)/t23-,24-,25-,26+,30+,31+,35-,36-/m0/s1. The van der Waals surface area contributed by atoms with Gasteiger partial charge in [-0.05, 0) is 75.3 Å². The highest BCUT2D eigenvalue weighted by Gasteiger charge is 2.70. The number of epoxide rings is 1. The van der Waals surface area contributed by atoms with E-state index >= 15 is 0 Å². The van der Waals surface area contributed by atoms with Gasteiger partial charge in [-0.2, -0.15) is 0 Å². The van der Waals surface area contributed by atoms with E-state index in [1.54, 1.807) is 19.2 Å². The van der Waals surface area contributed by atoms with Gasteiger partial charge in [-0.3, -0.25) is 29.2 Å². The summed E-state index contributed by atoms with van der Waals surface area (Å²) in [4.78, 5) is 71.1. The summed E-state index contributed by atoms with van der Waals surface area (Å²) in [6.45, 7) is 6.30. The summed E-state index contributed by atoms with van der Waals surface area (Å²) in [6, 6.07) is 1.25. The van der Waals surface area contributed by atoms with E-state index in [0.717, 1.165) is 19.3 Å². The lowest BCUT2D eigenvalue weighted by molar-refractivity contribution is -0.138. The minimum Gasteiger partial charge on any atom is -0.481 e. The maximum absolute atomic E-state index is 13.2. The molecule has 9 N–H and O–H groups in total. The number of aliphatic imine (C=N–C) groups is 1. The van der Waals surface area contributed by atoms with Gasteiger partial charge in [0.1, 0.15) is 24.8 Å². The number of pyridine rings is 1. The summed E-state index contributed by atoms with van der Waals surface area (Å²) >= 11 is 0. The summed E-state index contributed by atoms with van der Waals surface area (Å²) in [7, 11) is 1.62. The highest BCUT2D eigenvalue weighted by molar-refractivity contribution is 5.91. The molecule has 17 heteroatoms. The lowest BCUT2D eigenvalue weighted by Gasteiger charge is -2.44. The zero-order chi connectivity index (χ0) is 38.8. The predicted octanol–water partition coefficient (Wildman–Crippen LogP) is 1.04. The van der Waals surface area contributed by atoms with E-state index in [1.807, 2.05) is 0 Å². The van der Waals surface area contributed by atoms with Gasteiger partial charge in [-0.15, -0.1) is 0 Å². The summed E-state index contributed by atoms with van der Waals surface area (Å²) in [5.41, 5.74) is 12.3. The first kappa shape index (κ1) is 41.0. The molecule has 1 aromatic heterocycles. The van der Waals surface area contributed by atoms with E-state index in [-0.39, 0.29) is 42.0 Å². The van der Waals surface area contributed by atoms with E-state index in [9.17, 15) is 29.1 Å². The molecule has 4 rings (SSSR count). The van der Waals surface area contributed by atoms with Crippen LogP contribution in [0.2, 0.25) is 0 Å². The number of carboxylic acid groups (broad SMARTS) is 1. The number of rotatable bonds is 19. The van der Waals surface area contributed by atoms with E-state index in [0.29, 0.717) is 30.9 Å². The molecule has 8 atom stereocenters. The second-order valence-electron chi connectivity index (χ2n) is 14.6. The maximum Gasteiger partial charge on any atom is 0.407 e. The summed E-state index contributed by atoms with van der Waals surface area (Å²) < 4.78 is 17.9. The van der Waals surface area contributed by atoms with Gasteiger partial charge in [0.2, 0.25) is 17.7 Å². The second-order valence-corrected chi connectivity index (χ2v) is 14.6. The van der Waals surface area contributed by atoms with E-state index in [4.69, 9.17) is 25.7 Å². The van der Waals surface area contributed by atoms with Crippen LogP contribution in [0.25, 0.3) is 0 Å². The van der Waals surface area contributed by atoms with Gasteiger partial charge in [0.25, 0.3) is 0 Å². The molecule has 0 bridgehead atoms. The molecule has 53 heavy (non-hydrogen) atoms. The van der Waals surface area contributed by atoms with Crippen LogP contribution in [-0.4, -0.2) is 103 Å². The third-order valence-electron chi connectivity index (χ3n) is 10.4. The molecule has 3 fully saturated rings. The van der Waals surface area contributed by atoms with E-state index < -0.39 is 67.5 Å². The first-order chi connectivity index (χ1) is 25.2. The molecule has 0 unspecified atom stereocenters. The molecule has 3 aliphatic rings. The number of allylic oxidation sites excluding steroid dienone is 2. The number of hydrogen-bond donors (Lipinski definition) is 7. The normalized spacial score (nSPS) is 26.6. The van der Waals surface area contributed by atoms with Gasteiger partial charge in [-0.1, -0.05) is 24.6 Å². The Kier molecular flexibility index (Phi) is 14.2. The minimum absolute atomic E-state index is 0.0154. The van der Waals surface area contributed by atoms with Crippen molar-refractivity contribution < 1.29 is 43.3 Å². The monoisotopic (exact) mass is 742 g/mol. The highest BCUT2D eigenvalue weighted by Crippen LogP contribution is 2.68. The number of aliphatic carboxylic acids is 1. The van der Waals surface area contributed by atoms with Gasteiger partial charge < -0.3 is 52.1 Å². The lowest BCUT2D eigenvalue weighted by Crippen LogP contribution is -2.54. The first-order valence-corrected chi connectivity index (χ1v) is 18.0. The average molecular weight is 743 g/mol. The molecule has 0 aromatic carbocycles. The molecule has 2 saturated carbocycles. The average Bonchev–Trinajstić information content (AvgIpc) is 4.03. The number of carbonyl (C=O) groups excluding carboxylic acids is 4. The molecule has 292 valence electrons. The van der Waals surface area contributed by atoms with Gasteiger partial charge >= 0.3 is 12.1 Å². The molecular weight excluding hydrogens is 688 g/mol. The van der Waals surface area contributed by atoms with Crippen LogP contribution in [-0.2, 0) is 33.4 Å². The van der Waals surface area contributed by atoms with E-state index in [1.165, 1.54) is 18.0 Å². The number of aromatic nitrogens is 1. The predicted molar refractivity (Wildman–Crippen MR) is 193 cm³/mol. The Bertz CT molecular complexity index is 1530. The Labute approximate surface area is 309 Å². The van der Waals surface area contributed by atoms with Crippen molar-refractivity contribution >= 4 is 35.7 Å². The van der Waals surface area contributed by atoms with Gasteiger partial charge in [0.05, 0.1) is 31.2 Å². The first-order valence-electron chi connectivity index (χ1n) is 18.0. The third kappa shape index (κ3) is 11.6. The van der Waals surface area contributed by atoms with Crippen LogP contribution in [0.1, 0.15) is 77.3 Å². The summed E-state index contributed by atoms with van der Waals surface area (Å²) in [6.07, 6.45) is 6.80. The molecule has 1 saturated heterocycles. The number of alkyl carbamates (subject to hydrolysis) is 1. The highest BCUT2D eigenvalue weighted by atomic mass is 16.6. The van der Waals surface area contributed by atoms with Crippen LogP contribution in [0.5, 0.6) is 0 Å². The number of ether oxygens (including phenoxy) is 3. The molecule has 0 radical (unpaired) electrons. The minimum atomic E-state index is -1.14. The fourth-order valence-electron chi connectivity index (χ4n) is 7.50. The molecule has 1 aromatic rings. The Balaban J connectivity index is 1.30. The maximum atomic E-state index is 13.2. The number of carbonyl (C=O) groups is 5. The smallest absolute Gasteiger partial charge is 0.407 e. The van der Waals surface area contributed by atoms with Crippen molar-refractivity contribution in [3.63, 3.8) is 0 Å².